The van der Waals surface area contributed by atoms with Gasteiger partial charge in [0, 0.05) is 23.8 Å². The summed E-state index contributed by atoms with van der Waals surface area (Å²) in [7, 11) is -3.69. The summed E-state index contributed by atoms with van der Waals surface area (Å²) in [5.74, 6) is -0.186. The number of rotatable bonds is 5. The number of nitrogens with one attached hydrogen (secondary N) is 3. The molecule has 8 heteroatoms. The number of carbonyl (C=O) groups is 1. The molecular formula is C19H24ClN3O3S. The first-order valence-electron chi connectivity index (χ1n) is 8.65. The zero-order valence-corrected chi connectivity index (χ0v) is 16.7. The van der Waals surface area contributed by atoms with E-state index in [0.717, 1.165) is 31.5 Å². The van der Waals surface area contributed by atoms with Crippen molar-refractivity contribution < 1.29 is 13.2 Å². The van der Waals surface area contributed by atoms with Crippen LogP contribution in [0.25, 0.3) is 0 Å². The Morgan fingerprint density at radius 2 is 1.74 bits per heavy atom. The molecule has 2 aromatic carbocycles. The van der Waals surface area contributed by atoms with Crippen LogP contribution >= 0.6 is 12.4 Å². The monoisotopic (exact) mass is 409 g/mol. The van der Waals surface area contributed by atoms with Gasteiger partial charge in [-0.1, -0.05) is 17.7 Å². The Morgan fingerprint density at radius 1 is 1.07 bits per heavy atom. The molecule has 1 atom stereocenters. The SMILES string of the molecule is Cc1ccc(NS(=O)(=O)c2ccc(C(=O)NC3CCCNC3)cc2)cc1.Cl. The normalized spacial score (nSPS) is 16.9. The second-order valence-electron chi connectivity index (χ2n) is 6.51. The Morgan fingerprint density at radius 3 is 2.33 bits per heavy atom. The van der Waals surface area contributed by atoms with E-state index < -0.39 is 10.0 Å². The maximum atomic E-state index is 12.5. The number of hydrogen-bond acceptors (Lipinski definition) is 4. The lowest BCUT2D eigenvalue weighted by molar-refractivity contribution is 0.0930. The van der Waals surface area contributed by atoms with Gasteiger partial charge in [0.15, 0.2) is 0 Å². The minimum Gasteiger partial charge on any atom is -0.348 e. The number of carbonyl (C=O) groups excluding carboxylic acids is 1. The number of piperidine rings is 1. The lowest BCUT2D eigenvalue weighted by atomic mass is 10.1. The largest absolute Gasteiger partial charge is 0.348 e. The Bertz CT molecular complexity index is 862. The van der Waals surface area contributed by atoms with Gasteiger partial charge in [0.1, 0.15) is 0 Å². The van der Waals surface area contributed by atoms with Gasteiger partial charge in [0.2, 0.25) is 0 Å². The lowest BCUT2D eigenvalue weighted by Crippen LogP contribution is -2.45. The molecule has 0 radical (unpaired) electrons. The summed E-state index contributed by atoms with van der Waals surface area (Å²) in [5, 5.41) is 6.22. The number of benzene rings is 2. The second-order valence-corrected chi connectivity index (χ2v) is 8.20. The van der Waals surface area contributed by atoms with E-state index in [4.69, 9.17) is 0 Å². The Hall–Kier alpha value is -2.09. The molecule has 1 amide bonds. The highest BCUT2D eigenvalue weighted by molar-refractivity contribution is 7.92. The number of halogens is 1. The number of amides is 1. The van der Waals surface area contributed by atoms with Crippen molar-refractivity contribution in [1.29, 1.82) is 0 Å². The van der Waals surface area contributed by atoms with Crippen molar-refractivity contribution in [2.24, 2.45) is 0 Å². The molecule has 0 aliphatic carbocycles. The molecule has 1 heterocycles. The van der Waals surface area contributed by atoms with Gasteiger partial charge in [-0.25, -0.2) is 8.42 Å². The average Bonchev–Trinajstić information content (AvgIpc) is 2.64. The predicted molar refractivity (Wildman–Crippen MR) is 109 cm³/mol. The van der Waals surface area contributed by atoms with E-state index in [-0.39, 0.29) is 29.3 Å². The molecule has 0 bridgehead atoms. The Kier molecular flexibility index (Phi) is 7.24. The van der Waals surface area contributed by atoms with Crippen LogP contribution in [-0.4, -0.2) is 33.5 Å². The molecule has 146 valence electrons. The quantitative estimate of drug-likeness (QED) is 0.708. The van der Waals surface area contributed by atoms with Crippen molar-refractivity contribution in [3.63, 3.8) is 0 Å². The van der Waals surface area contributed by atoms with Crippen molar-refractivity contribution in [3.05, 3.63) is 59.7 Å². The van der Waals surface area contributed by atoms with E-state index in [1.54, 1.807) is 12.1 Å². The summed E-state index contributed by atoms with van der Waals surface area (Å²) in [6.45, 7) is 3.68. The standard InChI is InChI=1S/C19H23N3O3S.ClH/c1-14-4-8-16(9-5-14)22-26(24,25)18-10-6-15(7-11-18)19(23)21-17-3-2-12-20-13-17;/h4-11,17,20,22H,2-3,12-13H2,1H3,(H,21,23);1H. The van der Waals surface area contributed by atoms with Gasteiger partial charge in [0.05, 0.1) is 4.90 Å². The van der Waals surface area contributed by atoms with Crippen LogP contribution in [0.2, 0.25) is 0 Å². The third kappa shape index (κ3) is 5.69. The number of hydrogen-bond donors (Lipinski definition) is 3. The first kappa shape index (κ1) is 21.2. The summed E-state index contributed by atoms with van der Waals surface area (Å²) in [5.41, 5.74) is 2.00. The highest BCUT2D eigenvalue weighted by Gasteiger charge is 2.18. The van der Waals surface area contributed by atoms with E-state index in [9.17, 15) is 13.2 Å². The molecule has 6 nitrogen and oxygen atoms in total. The smallest absolute Gasteiger partial charge is 0.261 e. The van der Waals surface area contributed by atoms with Gasteiger partial charge in [-0.15, -0.1) is 12.4 Å². The zero-order chi connectivity index (χ0) is 18.6. The van der Waals surface area contributed by atoms with Crippen LogP contribution in [0.15, 0.2) is 53.4 Å². The van der Waals surface area contributed by atoms with Crippen molar-refractivity contribution in [2.45, 2.75) is 30.7 Å². The van der Waals surface area contributed by atoms with Crippen molar-refractivity contribution in [2.75, 3.05) is 17.8 Å². The third-order valence-electron chi connectivity index (χ3n) is 4.36. The summed E-state index contributed by atoms with van der Waals surface area (Å²) < 4.78 is 27.5. The molecule has 1 fully saturated rings. The zero-order valence-electron chi connectivity index (χ0n) is 15.1. The maximum Gasteiger partial charge on any atom is 0.261 e. The van der Waals surface area contributed by atoms with E-state index >= 15 is 0 Å². The highest BCUT2D eigenvalue weighted by atomic mass is 35.5. The molecule has 1 unspecified atom stereocenters. The number of aryl methyl sites for hydroxylation is 1. The average molecular weight is 410 g/mol. The van der Waals surface area contributed by atoms with Crippen LogP contribution < -0.4 is 15.4 Å². The molecule has 3 N–H and O–H groups in total. The summed E-state index contributed by atoms with van der Waals surface area (Å²) in [6, 6.07) is 13.2. The van der Waals surface area contributed by atoms with Gasteiger partial charge in [-0.3, -0.25) is 9.52 Å². The molecule has 27 heavy (non-hydrogen) atoms. The molecule has 0 aromatic heterocycles. The maximum absolute atomic E-state index is 12.5. The van der Waals surface area contributed by atoms with E-state index in [1.165, 1.54) is 24.3 Å². The Labute approximate surface area is 166 Å². The van der Waals surface area contributed by atoms with Crippen molar-refractivity contribution in [3.8, 4) is 0 Å². The highest BCUT2D eigenvalue weighted by Crippen LogP contribution is 2.17. The van der Waals surface area contributed by atoms with Gasteiger partial charge in [-0.05, 0) is 62.7 Å². The van der Waals surface area contributed by atoms with Crippen molar-refractivity contribution >= 4 is 34.0 Å². The molecule has 0 saturated carbocycles. The molecule has 1 aliphatic rings. The molecular weight excluding hydrogens is 386 g/mol. The van der Waals surface area contributed by atoms with Crippen LogP contribution in [0.3, 0.4) is 0 Å². The van der Waals surface area contributed by atoms with Crippen LogP contribution in [-0.2, 0) is 10.0 Å². The fraction of sp³-hybridized carbons (Fsp3) is 0.316. The van der Waals surface area contributed by atoms with Crippen LogP contribution in [0.1, 0.15) is 28.8 Å². The minimum absolute atomic E-state index is 0. The molecule has 3 rings (SSSR count). The van der Waals surface area contributed by atoms with E-state index in [2.05, 4.69) is 15.4 Å². The Balaban J connectivity index is 0.00000261. The van der Waals surface area contributed by atoms with Crippen LogP contribution in [0.5, 0.6) is 0 Å². The first-order valence-corrected chi connectivity index (χ1v) is 10.1. The third-order valence-corrected chi connectivity index (χ3v) is 5.76. The molecule has 1 aliphatic heterocycles. The molecule has 0 spiro atoms. The molecule has 1 saturated heterocycles. The van der Waals surface area contributed by atoms with Gasteiger partial charge in [0.25, 0.3) is 15.9 Å². The van der Waals surface area contributed by atoms with E-state index in [1.807, 2.05) is 19.1 Å². The fourth-order valence-electron chi connectivity index (χ4n) is 2.86. The van der Waals surface area contributed by atoms with E-state index in [0.29, 0.717) is 11.3 Å². The second kappa shape index (κ2) is 9.21. The predicted octanol–water partition coefficient (Wildman–Crippen LogP) is 2.70. The van der Waals surface area contributed by atoms with Gasteiger partial charge < -0.3 is 10.6 Å². The minimum atomic E-state index is -3.69. The molecule has 2 aromatic rings. The first-order chi connectivity index (χ1) is 12.4. The fourth-order valence-corrected chi connectivity index (χ4v) is 3.92. The summed E-state index contributed by atoms with van der Waals surface area (Å²) >= 11 is 0. The van der Waals surface area contributed by atoms with Crippen LogP contribution in [0, 0.1) is 6.92 Å². The topological polar surface area (TPSA) is 87.3 Å². The lowest BCUT2D eigenvalue weighted by Gasteiger charge is -2.23. The van der Waals surface area contributed by atoms with Crippen molar-refractivity contribution in [1.82, 2.24) is 10.6 Å². The summed E-state index contributed by atoms with van der Waals surface area (Å²) in [4.78, 5) is 12.4. The summed E-state index contributed by atoms with van der Waals surface area (Å²) in [6.07, 6.45) is 1.98. The van der Waals surface area contributed by atoms with Gasteiger partial charge >= 0.3 is 0 Å². The number of sulfonamides is 1. The van der Waals surface area contributed by atoms with Gasteiger partial charge in [-0.2, -0.15) is 0 Å². The van der Waals surface area contributed by atoms with Crippen LogP contribution in [0.4, 0.5) is 5.69 Å². The number of anilines is 1.